The maximum Gasteiger partial charge on any atom is 0.313 e. The maximum atomic E-state index is 12.4. The first-order chi connectivity index (χ1) is 13.1. The molecule has 2 unspecified atom stereocenters. The van der Waals surface area contributed by atoms with Crippen molar-refractivity contribution in [2.75, 3.05) is 27.4 Å². The van der Waals surface area contributed by atoms with Gasteiger partial charge < -0.3 is 19.3 Å². The lowest BCUT2D eigenvalue weighted by molar-refractivity contribution is -0.146. The number of esters is 1. The monoisotopic (exact) mass is 373 g/mol. The molecule has 0 saturated carbocycles. The second kappa shape index (κ2) is 5.95. The van der Waals surface area contributed by atoms with Crippen molar-refractivity contribution in [2.45, 2.75) is 36.5 Å². The molecule has 0 radical (unpaired) electrons. The van der Waals surface area contributed by atoms with Gasteiger partial charge in [0.25, 0.3) is 0 Å². The van der Waals surface area contributed by atoms with Crippen molar-refractivity contribution < 1.29 is 28.9 Å². The molecular formula is C20H23NO6. The van der Waals surface area contributed by atoms with E-state index in [1.54, 1.807) is 7.11 Å². The van der Waals surface area contributed by atoms with E-state index in [2.05, 4.69) is 6.08 Å². The van der Waals surface area contributed by atoms with Crippen LogP contribution in [0.2, 0.25) is 0 Å². The van der Waals surface area contributed by atoms with Gasteiger partial charge in [-0.05, 0) is 18.1 Å². The van der Waals surface area contributed by atoms with E-state index < -0.39 is 6.10 Å². The highest BCUT2D eigenvalue weighted by Crippen LogP contribution is 2.58. The molecule has 5 atom stereocenters. The highest BCUT2D eigenvalue weighted by molar-refractivity contribution is 5.75. The standard InChI is InChI=1S/C20H23NO6/c1-24-14-4-3-12-16-18(14)27-15-9-11(22)5-6-20(15,16)7-8-21-17(12)13(10-26-21)19(23)25-2/h3-6,11,13,15,17,22H,7-10H2,1-2H3/t11-,13?,15-,17?,20-/m0/s1. The van der Waals surface area contributed by atoms with E-state index in [9.17, 15) is 9.90 Å². The average molecular weight is 373 g/mol. The quantitative estimate of drug-likeness (QED) is 0.622. The van der Waals surface area contributed by atoms with Gasteiger partial charge >= 0.3 is 5.97 Å². The predicted molar refractivity (Wildman–Crippen MR) is 94.4 cm³/mol. The molecule has 1 aromatic rings. The third kappa shape index (κ3) is 2.22. The van der Waals surface area contributed by atoms with E-state index >= 15 is 0 Å². The first-order valence-corrected chi connectivity index (χ1v) is 9.32. The van der Waals surface area contributed by atoms with E-state index in [0.717, 1.165) is 23.3 Å². The average Bonchev–Trinajstić information content (AvgIpc) is 3.21. The molecule has 0 aromatic heterocycles. The number of fused-ring (bicyclic) bond motifs is 2. The summed E-state index contributed by atoms with van der Waals surface area (Å²) in [6, 6.07) is 3.67. The molecule has 1 fully saturated rings. The van der Waals surface area contributed by atoms with Gasteiger partial charge in [0.15, 0.2) is 11.5 Å². The third-order valence-electron chi connectivity index (χ3n) is 6.42. The van der Waals surface area contributed by atoms with Gasteiger partial charge in [-0.3, -0.25) is 9.63 Å². The molecule has 3 heterocycles. The minimum atomic E-state index is -0.522. The number of rotatable bonds is 2. The summed E-state index contributed by atoms with van der Waals surface area (Å²) in [6.07, 6.45) is 4.55. The zero-order valence-corrected chi connectivity index (χ0v) is 15.4. The molecule has 27 heavy (non-hydrogen) atoms. The van der Waals surface area contributed by atoms with E-state index in [1.807, 2.05) is 23.3 Å². The zero-order valence-electron chi connectivity index (χ0n) is 15.4. The molecule has 3 aliphatic heterocycles. The number of nitrogens with zero attached hydrogens (tertiary/aromatic N) is 1. The van der Waals surface area contributed by atoms with Gasteiger partial charge in [0.2, 0.25) is 0 Å². The van der Waals surface area contributed by atoms with Crippen LogP contribution in [0.4, 0.5) is 0 Å². The summed E-state index contributed by atoms with van der Waals surface area (Å²) in [5.41, 5.74) is 1.72. The van der Waals surface area contributed by atoms with Gasteiger partial charge in [-0.15, -0.1) is 0 Å². The fourth-order valence-corrected chi connectivity index (χ4v) is 5.16. The minimum Gasteiger partial charge on any atom is -0.493 e. The Kier molecular flexibility index (Phi) is 3.76. The van der Waals surface area contributed by atoms with E-state index in [1.165, 1.54) is 7.11 Å². The molecule has 144 valence electrons. The lowest BCUT2D eigenvalue weighted by Crippen LogP contribution is -2.42. The Hall–Kier alpha value is -2.09. The molecule has 0 amide bonds. The fraction of sp³-hybridized carbons (Fsp3) is 0.550. The van der Waals surface area contributed by atoms with Crippen LogP contribution in [0.15, 0.2) is 24.3 Å². The van der Waals surface area contributed by atoms with Crippen LogP contribution in [0, 0.1) is 5.92 Å². The second-order valence-electron chi connectivity index (χ2n) is 7.63. The Labute approximate surface area is 157 Å². The molecule has 5 rings (SSSR count). The Bertz CT molecular complexity index is 823. The lowest BCUT2D eigenvalue weighted by atomic mass is 9.68. The number of hydroxylamine groups is 2. The Morgan fingerprint density at radius 3 is 3.00 bits per heavy atom. The third-order valence-corrected chi connectivity index (χ3v) is 6.42. The molecule has 7 nitrogen and oxygen atoms in total. The number of hydrogen-bond donors (Lipinski definition) is 1. The van der Waals surface area contributed by atoms with Gasteiger partial charge in [0.1, 0.15) is 12.0 Å². The number of benzene rings is 1. The van der Waals surface area contributed by atoms with Crippen molar-refractivity contribution in [2.24, 2.45) is 5.92 Å². The van der Waals surface area contributed by atoms with Gasteiger partial charge in [0, 0.05) is 18.5 Å². The van der Waals surface area contributed by atoms with Gasteiger partial charge in [-0.1, -0.05) is 18.2 Å². The summed E-state index contributed by atoms with van der Waals surface area (Å²) in [6.45, 7) is 0.971. The number of hydrogen-bond acceptors (Lipinski definition) is 7. The first kappa shape index (κ1) is 17.0. The van der Waals surface area contributed by atoms with E-state index in [4.69, 9.17) is 19.0 Å². The lowest BCUT2D eigenvalue weighted by Gasteiger charge is -2.35. The summed E-state index contributed by atoms with van der Waals surface area (Å²) in [4.78, 5) is 18.3. The van der Waals surface area contributed by atoms with Crippen molar-refractivity contribution in [3.8, 4) is 11.5 Å². The highest BCUT2D eigenvalue weighted by atomic mass is 16.7. The van der Waals surface area contributed by atoms with Crippen LogP contribution in [0.1, 0.15) is 30.0 Å². The summed E-state index contributed by atoms with van der Waals surface area (Å²) >= 11 is 0. The molecular weight excluding hydrogens is 350 g/mol. The van der Waals surface area contributed by atoms with Crippen LogP contribution >= 0.6 is 0 Å². The summed E-state index contributed by atoms with van der Waals surface area (Å²) < 4.78 is 16.9. The molecule has 4 aliphatic rings. The molecule has 1 aliphatic carbocycles. The SMILES string of the molecule is COC(=O)C1CON2CC[C@@]34C=C[C@H](O)C[C@@H]3Oc3c(OC)ccc(c34)C12. The van der Waals surface area contributed by atoms with Gasteiger partial charge in [0.05, 0.1) is 38.4 Å². The number of methoxy groups -OCH3 is 2. The largest absolute Gasteiger partial charge is 0.493 e. The molecule has 1 saturated heterocycles. The van der Waals surface area contributed by atoms with Crippen LogP contribution in [-0.4, -0.2) is 55.7 Å². The first-order valence-electron chi connectivity index (χ1n) is 9.32. The number of aliphatic hydroxyl groups is 1. The number of aliphatic hydroxyl groups excluding tert-OH is 1. The fourth-order valence-electron chi connectivity index (χ4n) is 5.16. The van der Waals surface area contributed by atoms with Crippen LogP contribution < -0.4 is 9.47 Å². The van der Waals surface area contributed by atoms with Crippen LogP contribution in [0.5, 0.6) is 11.5 Å². The van der Waals surface area contributed by atoms with Crippen molar-refractivity contribution in [1.82, 2.24) is 5.06 Å². The molecule has 1 aromatic carbocycles. The second-order valence-corrected chi connectivity index (χ2v) is 7.63. The smallest absolute Gasteiger partial charge is 0.313 e. The van der Waals surface area contributed by atoms with Crippen molar-refractivity contribution in [1.29, 1.82) is 0 Å². The predicted octanol–water partition coefficient (Wildman–Crippen LogP) is 1.50. The van der Waals surface area contributed by atoms with Gasteiger partial charge in [-0.2, -0.15) is 5.06 Å². The molecule has 1 N–H and O–H groups in total. The van der Waals surface area contributed by atoms with Crippen LogP contribution in [-0.2, 0) is 19.8 Å². The van der Waals surface area contributed by atoms with Crippen molar-refractivity contribution in [3.63, 3.8) is 0 Å². The number of carbonyl (C=O) groups is 1. The summed E-state index contributed by atoms with van der Waals surface area (Å²) in [7, 11) is 3.03. The number of carbonyl (C=O) groups excluding carboxylic acids is 1. The molecule has 0 bridgehead atoms. The van der Waals surface area contributed by atoms with Crippen LogP contribution in [0.25, 0.3) is 0 Å². The Balaban J connectivity index is 1.72. The number of ether oxygens (including phenoxy) is 3. The summed E-state index contributed by atoms with van der Waals surface area (Å²) in [5, 5.41) is 12.1. The van der Waals surface area contributed by atoms with E-state index in [-0.39, 0.29) is 29.4 Å². The van der Waals surface area contributed by atoms with Crippen molar-refractivity contribution in [3.05, 3.63) is 35.4 Å². The van der Waals surface area contributed by atoms with Crippen LogP contribution in [0.3, 0.4) is 0 Å². The zero-order chi connectivity index (χ0) is 18.8. The maximum absolute atomic E-state index is 12.4. The minimum absolute atomic E-state index is 0.167. The molecule has 1 spiro atoms. The molecule has 7 heteroatoms. The van der Waals surface area contributed by atoms with Crippen molar-refractivity contribution >= 4 is 5.97 Å². The topological polar surface area (TPSA) is 77.5 Å². The Morgan fingerprint density at radius 1 is 1.37 bits per heavy atom. The summed E-state index contributed by atoms with van der Waals surface area (Å²) in [5.74, 6) is 0.733. The highest BCUT2D eigenvalue weighted by Gasteiger charge is 2.57. The normalized spacial score (nSPS) is 36.3. The Morgan fingerprint density at radius 2 is 2.22 bits per heavy atom. The van der Waals surface area contributed by atoms with Gasteiger partial charge in [-0.25, -0.2) is 0 Å². The van der Waals surface area contributed by atoms with E-state index in [0.29, 0.717) is 25.3 Å².